The fraction of sp³-hybridized carbons (Fsp3) is 0.105. The largest absolute Gasteiger partial charge is 0.492 e. The molecule has 0 saturated heterocycles. The number of aromatic amines is 1. The molecule has 6 nitrogen and oxygen atoms in total. The van der Waals surface area contributed by atoms with Gasteiger partial charge in [0.25, 0.3) is 5.89 Å². The molecule has 1 N–H and O–H groups in total. The van der Waals surface area contributed by atoms with E-state index in [0.717, 1.165) is 16.8 Å². The van der Waals surface area contributed by atoms with Crippen molar-refractivity contribution in [1.29, 1.82) is 0 Å². The molecule has 0 aliphatic carbocycles. The summed E-state index contributed by atoms with van der Waals surface area (Å²) >= 11 is 12.3. The third kappa shape index (κ3) is 3.54. The molecule has 0 bridgehead atoms. The predicted molar refractivity (Wildman–Crippen MR) is 104 cm³/mol. The maximum Gasteiger partial charge on any atom is 0.262 e. The Kier molecular flexibility index (Phi) is 4.83. The lowest BCUT2D eigenvalue weighted by Crippen LogP contribution is -1.92. The highest BCUT2D eigenvalue weighted by molar-refractivity contribution is 6.32. The van der Waals surface area contributed by atoms with Crippen molar-refractivity contribution in [1.82, 2.24) is 20.3 Å². The number of rotatable bonds is 5. The van der Waals surface area contributed by atoms with Gasteiger partial charge in [-0.2, -0.15) is 10.1 Å². The van der Waals surface area contributed by atoms with Crippen molar-refractivity contribution in [2.75, 3.05) is 6.61 Å². The number of halogens is 2. The molecule has 0 aliphatic rings. The maximum atomic E-state index is 6.30. The second-order valence-electron chi connectivity index (χ2n) is 5.67. The van der Waals surface area contributed by atoms with Gasteiger partial charge in [-0.05, 0) is 37.3 Å². The van der Waals surface area contributed by atoms with Crippen LogP contribution in [0.1, 0.15) is 6.92 Å². The fourth-order valence-electron chi connectivity index (χ4n) is 2.67. The van der Waals surface area contributed by atoms with Gasteiger partial charge in [-0.15, -0.1) is 0 Å². The molecule has 0 aliphatic heterocycles. The summed E-state index contributed by atoms with van der Waals surface area (Å²) in [6.45, 7) is 2.45. The van der Waals surface area contributed by atoms with Crippen LogP contribution in [0.2, 0.25) is 10.0 Å². The van der Waals surface area contributed by atoms with Gasteiger partial charge in [0.15, 0.2) is 0 Å². The molecule has 0 unspecified atom stereocenters. The van der Waals surface area contributed by atoms with Crippen LogP contribution in [0, 0.1) is 0 Å². The molecule has 2 heterocycles. The summed E-state index contributed by atoms with van der Waals surface area (Å²) in [4.78, 5) is 4.47. The third-order valence-electron chi connectivity index (χ3n) is 3.90. The summed E-state index contributed by atoms with van der Waals surface area (Å²) in [5.74, 6) is 1.42. The molecule has 0 spiro atoms. The first-order valence-corrected chi connectivity index (χ1v) is 8.97. The number of ether oxygens (including phenoxy) is 1. The molecule has 27 heavy (non-hydrogen) atoms. The van der Waals surface area contributed by atoms with Gasteiger partial charge in [0.1, 0.15) is 5.75 Å². The highest BCUT2D eigenvalue weighted by Gasteiger charge is 2.18. The second kappa shape index (κ2) is 7.42. The van der Waals surface area contributed by atoms with Crippen LogP contribution >= 0.6 is 23.2 Å². The number of hydrogen-bond donors (Lipinski definition) is 1. The minimum absolute atomic E-state index is 0.346. The number of nitrogens with zero attached hydrogens (tertiary/aromatic N) is 3. The Morgan fingerprint density at radius 2 is 2.00 bits per heavy atom. The van der Waals surface area contributed by atoms with E-state index in [4.69, 9.17) is 32.5 Å². The molecule has 4 aromatic rings. The van der Waals surface area contributed by atoms with E-state index in [2.05, 4.69) is 20.3 Å². The van der Waals surface area contributed by atoms with Gasteiger partial charge in [-0.1, -0.05) is 40.5 Å². The highest BCUT2D eigenvalue weighted by Crippen LogP contribution is 2.34. The lowest BCUT2D eigenvalue weighted by atomic mass is 10.1. The molecule has 4 rings (SSSR count). The molecule has 0 saturated carbocycles. The summed E-state index contributed by atoms with van der Waals surface area (Å²) in [5, 5.41) is 12.2. The molecule has 136 valence electrons. The molecular formula is C19H14Cl2N4O2. The molecule has 0 fully saturated rings. The standard InChI is InChI=1S/C19H14Cl2N4O2/c1-2-26-16-7-6-11(9-15(16)21)17-14(10-22-24-17)19-23-18(25-27-19)12-4-3-5-13(20)8-12/h3-10H,2H2,1H3,(H,22,24). The van der Waals surface area contributed by atoms with Crippen LogP contribution in [0.4, 0.5) is 0 Å². The van der Waals surface area contributed by atoms with Crippen molar-refractivity contribution in [3.63, 3.8) is 0 Å². The predicted octanol–water partition coefficient (Wildman–Crippen LogP) is 5.50. The Bertz CT molecular complexity index is 1090. The van der Waals surface area contributed by atoms with Crippen molar-refractivity contribution >= 4 is 23.2 Å². The number of nitrogens with one attached hydrogen (secondary N) is 1. The van der Waals surface area contributed by atoms with Gasteiger partial charge < -0.3 is 9.26 Å². The summed E-state index contributed by atoms with van der Waals surface area (Å²) < 4.78 is 10.9. The zero-order chi connectivity index (χ0) is 18.8. The molecule has 8 heteroatoms. The van der Waals surface area contributed by atoms with Crippen LogP contribution in [-0.4, -0.2) is 26.9 Å². The number of H-pyrrole nitrogens is 1. The van der Waals surface area contributed by atoms with E-state index in [9.17, 15) is 0 Å². The topological polar surface area (TPSA) is 76.8 Å². The van der Waals surface area contributed by atoms with E-state index in [1.54, 1.807) is 24.4 Å². The first kappa shape index (κ1) is 17.6. The zero-order valence-corrected chi connectivity index (χ0v) is 15.8. The lowest BCUT2D eigenvalue weighted by Gasteiger charge is -2.07. The van der Waals surface area contributed by atoms with E-state index in [1.165, 1.54) is 0 Å². The number of benzene rings is 2. The number of aromatic nitrogens is 4. The molecule has 0 amide bonds. The van der Waals surface area contributed by atoms with E-state index in [1.807, 2.05) is 31.2 Å². The molecule has 0 atom stereocenters. The summed E-state index contributed by atoms with van der Waals surface area (Å²) in [7, 11) is 0. The SMILES string of the molecule is CCOc1ccc(-c2[nH]ncc2-c2nc(-c3cccc(Cl)c3)no2)cc1Cl. The van der Waals surface area contributed by atoms with Crippen LogP contribution in [-0.2, 0) is 0 Å². The number of hydrogen-bond acceptors (Lipinski definition) is 5. The van der Waals surface area contributed by atoms with Crippen LogP contribution < -0.4 is 4.74 Å². The minimum atomic E-state index is 0.346. The van der Waals surface area contributed by atoms with Crippen molar-refractivity contribution in [3.05, 3.63) is 58.7 Å². The van der Waals surface area contributed by atoms with E-state index in [0.29, 0.717) is 39.7 Å². The first-order valence-electron chi connectivity index (χ1n) is 8.22. The first-order chi connectivity index (χ1) is 13.2. The van der Waals surface area contributed by atoms with Gasteiger partial charge in [-0.3, -0.25) is 5.10 Å². The van der Waals surface area contributed by atoms with Gasteiger partial charge in [0.05, 0.1) is 29.1 Å². The fourth-order valence-corrected chi connectivity index (χ4v) is 3.10. The smallest absolute Gasteiger partial charge is 0.262 e. The van der Waals surface area contributed by atoms with E-state index in [-0.39, 0.29) is 0 Å². The zero-order valence-electron chi connectivity index (χ0n) is 14.2. The monoisotopic (exact) mass is 400 g/mol. The average Bonchev–Trinajstić information content (AvgIpc) is 3.32. The Morgan fingerprint density at radius 3 is 2.78 bits per heavy atom. The van der Waals surface area contributed by atoms with Crippen LogP contribution in [0.5, 0.6) is 5.75 Å². The highest BCUT2D eigenvalue weighted by atomic mass is 35.5. The normalized spacial score (nSPS) is 10.9. The Balaban J connectivity index is 1.70. The molecular weight excluding hydrogens is 387 g/mol. The van der Waals surface area contributed by atoms with Crippen LogP contribution in [0.25, 0.3) is 34.1 Å². The van der Waals surface area contributed by atoms with Gasteiger partial charge in [-0.25, -0.2) is 0 Å². The van der Waals surface area contributed by atoms with Crippen molar-refractivity contribution < 1.29 is 9.26 Å². The van der Waals surface area contributed by atoms with E-state index >= 15 is 0 Å². The van der Waals surface area contributed by atoms with Crippen LogP contribution in [0.15, 0.2) is 53.2 Å². The maximum absolute atomic E-state index is 6.30. The van der Waals surface area contributed by atoms with Gasteiger partial charge >= 0.3 is 0 Å². The minimum Gasteiger partial charge on any atom is -0.492 e. The van der Waals surface area contributed by atoms with Gasteiger partial charge in [0, 0.05) is 16.1 Å². The van der Waals surface area contributed by atoms with Crippen LogP contribution in [0.3, 0.4) is 0 Å². The Morgan fingerprint density at radius 1 is 1.11 bits per heavy atom. The van der Waals surface area contributed by atoms with Gasteiger partial charge in [0.2, 0.25) is 5.82 Å². The Labute approximate surface area is 165 Å². The van der Waals surface area contributed by atoms with E-state index < -0.39 is 0 Å². The summed E-state index contributed by atoms with van der Waals surface area (Å²) in [6, 6.07) is 12.8. The molecule has 2 aromatic heterocycles. The van der Waals surface area contributed by atoms with Crippen molar-refractivity contribution in [3.8, 4) is 39.8 Å². The summed E-state index contributed by atoms with van der Waals surface area (Å²) in [5.41, 5.74) is 3.00. The van der Waals surface area contributed by atoms with Crippen molar-refractivity contribution in [2.24, 2.45) is 0 Å². The Hall–Kier alpha value is -2.83. The lowest BCUT2D eigenvalue weighted by molar-refractivity contribution is 0.340. The average molecular weight is 401 g/mol. The second-order valence-corrected chi connectivity index (χ2v) is 6.51. The third-order valence-corrected chi connectivity index (χ3v) is 4.43. The quantitative estimate of drug-likeness (QED) is 0.478. The van der Waals surface area contributed by atoms with Crippen molar-refractivity contribution in [2.45, 2.75) is 6.92 Å². The molecule has 2 aromatic carbocycles. The summed E-state index contributed by atoms with van der Waals surface area (Å²) in [6.07, 6.45) is 1.63. The molecule has 0 radical (unpaired) electrons.